The van der Waals surface area contributed by atoms with Gasteiger partial charge in [-0.15, -0.1) is 10.2 Å². The molecule has 2 fully saturated rings. The molecule has 4 N–H and O–H groups in total. The van der Waals surface area contributed by atoms with E-state index in [4.69, 9.17) is 5.10 Å². The van der Waals surface area contributed by atoms with Gasteiger partial charge in [-0.3, -0.25) is 9.59 Å². The zero-order valence-electron chi connectivity index (χ0n) is 29.3. The van der Waals surface area contributed by atoms with Crippen molar-refractivity contribution in [2.75, 3.05) is 6.54 Å². The zero-order valence-corrected chi connectivity index (χ0v) is 29.3. The number of carbonyl (C=O) groups excluding carboxylic acids is 3. The Hall–Kier alpha value is -5.33. The molecule has 0 radical (unpaired) electrons. The van der Waals surface area contributed by atoms with Crippen molar-refractivity contribution in [3.05, 3.63) is 77.9 Å². The van der Waals surface area contributed by atoms with Gasteiger partial charge in [-0.1, -0.05) is 91.7 Å². The van der Waals surface area contributed by atoms with Gasteiger partial charge in [0, 0.05) is 30.0 Å². The zero-order chi connectivity index (χ0) is 36.2. The van der Waals surface area contributed by atoms with Crippen molar-refractivity contribution >= 4 is 36.0 Å². The van der Waals surface area contributed by atoms with Gasteiger partial charge < -0.3 is 26.0 Å². The van der Waals surface area contributed by atoms with Crippen molar-refractivity contribution in [1.29, 1.82) is 0 Å². The molecule has 2 aliphatic heterocycles. The molecule has 0 spiro atoms. The summed E-state index contributed by atoms with van der Waals surface area (Å²) in [6, 6.07) is 14.7. The predicted molar refractivity (Wildman–Crippen MR) is 192 cm³/mol. The topological polar surface area (TPSA) is 171 Å². The number of rotatable bonds is 6. The monoisotopic (exact) mass is 694 g/mol. The molecular weight excluding hydrogens is 648 g/mol. The summed E-state index contributed by atoms with van der Waals surface area (Å²) < 4.78 is 0. The number of nitrogens with zero attached hydrogens (tertiary/aromatic N) is 5. The first-order valence-corrected chi connectivity index (χ1v) is 17.7. The Morgan fingerprint density at radius 3 is 2.55 bits per heavy atom. The van der Waals surface area contributed by atoms with Crippen molar-refractivity contribution in [2.45, 2.75) is 94.9 Å². The minimum absolute atomic E-state index is 0.0742. The summed E-state index contributed by atoms with van der Waals surface area (Å²) in [6.45, 7) is 5.63. The number of aliphatic carboxylic acids is 1. The Kier molecular flexibility index (Phi) is 10.4. The van der Waals surface area contributed by atoms with Crippen molar-refractivity contribution in [2.24, 2.45) is 5.92 Å². The molecule has 1 saturated heterocycles. The lowest BCUT2D eigenvalue weighted by Gasteiger charge is -2.30. The number of carboxylic acid groups (broad SMARTS) is 1. The van der Waals surface area contributed by atoms with Crippen molar-refractivity contribution in [3.8, 4) is 11.4 Å². The highest BCUT2D eigenvalue weighted by Gasteiger charge is 2.61. The quantitative estimate of drug-likeness (QED) is 0.214. The lowest BCUT2D eigenvalue weighted by atomic mass is 10.0. The number of hydrogen-bond acceptors (Lipinski definition) is 7. The average Bonchev–Trinajstić information content (AvgIpc) is 3.39. The van der Waals surface area contributed by atoms with Crippen LogP contribution in [0.5, 0.6) is 0 Å². The van der Waals surface area contributed by atoms with Crippen LogP contribution in [0, 0.1) is 5.92 Å². The fourth-order valence-corrected chi connectivity index (χ4v) is 6.86. The summed E-state index contributed by atoms with van der Waals surface area (Å²) in [5.41, 5.74) is 0.745. The smallest absolute Gasteiger partial charge is 0.330 e. The van der Waals surface area contributed by atoms with E-state index in [-0.39, 0.29) is 25.3 Å². The molecule has 0 bridgehead atoms. The Balaban J connectivity index is 1.29. The third-order valence-corrected chi connectivity index (χ3v) is 9.64. The molecular formula is C38H46N8O5. The maximum atomic E-state index is 14.4. The number of benzene rings is 2. The van der Waals surface area contributed by atoms with Crippen LogP contribution in [0.25, 0.3) is 23.5 Å². The molecule has 1 aliphatic carbocycles. The number of amides is 4. The van der Waals surface area contributed by atoms with E-state index in [1.807, 2.05) is 99.7 Å². The summed E-state index contributed by atoms with van der Waals surface area (Å²) in [5.74, 6) is -2.03. The van der Waals surface area contributed by atoms with E-state index in [1.165, 1.54) is 9.70 Å². The molecule has 6 rings (SSSR count). The second-order valence-corrected chi connectivity index (χ2v) is 14.7. The molecule has 0 unspecified atom stereocenters. The second kappa shape index (κ2) is 14.9. The molecule has 13 heteroatoms. The van der Waals surface area contributed by atoms with Crippen molar-refractivity contribution in [3.63, 3.8) is 0 Å². The Morgan fingerprint density at radius 2 is 1.78 bits per heavy atom. The standard InChI is InChI=1S/C38H46N8O5/c1-37(2,3)41-36(51)39-30-19-11-6-4-5-10-17-27-23-38(27,35(49)50)40-33(47)31-22-28(24-45(31)34(30)48)46-43-32(42-44-46)29-18-13-12-16-26(29)21-20-25-14-8-7-9-15-25/h7-10,12-18,20-21,27-28,30-31H,4-6,11,19,22-24H2,1-3H3,(H,40,47)(H,49,50)(H2,39,41,51)/b17-10-,21-20+/t27-,28+,30+,31+,38+/m1/s1. The molecule has 3 aliphatic rings. The van der Waals surface area contributed by atoms with Gasteiger partial charge >= 0.3 is 12.0 Å². The number of carboxylic acids is 1. The highest BCUT2D eigenvalue weighted by molar-refractivity contribution is 5.96. The van der Waals surface area contributed by atoms with Crippen LogP contribution < -0.4 is 16.0 Å². The first kappa shape index (κ1) is 35.5. The second-order valence-electron chi connectivity index (χ2n) is 14.7. The maximum Gasteiger partial charge on any atom is 0.330 e. The molecule has 51 heavy (non-hydrogen) atoms. The summed E-state index contributed by atoms with van der Waals surface area (Å²) in [5, 5.41) is 32.1. The minimum atomic E-state index is -1.43. The molecule has 4 amide bonds. The van der Waals surface area contributed by atoms with Crippen LogP contribution in [0.15, 0.2) is 66.7 Å². The van der Waals surface area contributed by atoms with Gasteiger partial charge in [0.2, 0.25) is 17.6 Å². The molecule has 2 aromatic carbocycles. The lowest BCUT2D eigenvalue weighted by Crippen LogP contribution is -2.58. The van der Waals surface area contributed by atoms with E-state index in [0.717, 1.165) is 36.0 Å². The average molecular weight is 695 g/mol. The summed E-state index contributed by atoms with van der Waals surface area (Å²) in [7, 11) is 0. The molecule has 5 atom stereocenters. The third-order valence-electron chi connectivity index (χ3n) is 9.64. The van der Waals surface area contributed by atoms with Crippen LogP contribution in [0.2, 0.25) is 0 Å². The Morgan fingerprint density at radius 1 is 1.02 bits per heavy atom. The minimum Gasteiger partial charge on any atom is -0.479 e. The van der Waals surface area contributed by atoms with Crippen LogP contribution in [0.1, 0.15) is 82.9 Å². The van der Waals surface area contributed by atoms with E-state index >= 15 is 0 Å². The fourth-order valence-electron chi connectivity index (χ4n) is 6.86. The van der Waals surface area contributed by atoms with E-state index in [2.05, 4.69) is 26.3 Å². The van der Waals surface area contributed by atoms with Gasteiger partial charge in [0.15, 0.2) is 0 Å². The van der Waals surface area contributed by atoms with Gasteiger partial charge in [0.05, 0.1) is 6.04 Å². The van der Waals surface area contributed by atoms with Gasteiger partial charge in [0.25, 0.3) is 0 Å². The number of aromatic nitrogens is 4. The van der Waals surface area contributed by atoms with Gasteiger partial charge in [-0.2, -0.15) is 4.80 Å². The fraction of sp³-hybridized carbons (Fsp3) is 0.447. The van der Waals surface area contributed by atoms with E-state index in [9.17, 15) is 24.3 Å². The lowest BCUT2D eigenvalue weighted by molar-refractivity contribution is -0.145. The third kappa shape index (κ3) is 8.35. The molecule has 1 saturated carbocycles. The number of fused-ring (bicyclic) bond motifs is 2. The summed E-state index contributed by atoms with van der Waals surface area (Å²) in [6.07, 6.45) is 11.8. The van der Waals surface area contributed by atoms with E-state index in [0.29, 0.717) is 18.7 Å². The van der Waals surface area contributed by atoms with Gasteiger partial charge in [-0.05, 0) is 62.8 Å². The Labute approximate surface area is 297 Å². The molecule has 3 aromatic rings. The number of nitrogens with one attached hydrogen (secondary N) is 3. The molecule has 13 nitrogen and oxygen atoms in total. The van der Waals surface area contributed by atoms with Crippen LogP contribution in [0.3, 0.4) is 0 Å². The number of carbonyl (C=O) groups is 4. The van der Waals surface area contributed by atoms with Gasteiger partial charge in [0.1, 0.15) is 17.6 Å². The van der Waals surface area contributed by atoms with Crippen LogP contribution in [0.4, 0.5) is 4.79 Å². The largest absolute Gasteiger partial charge is 0.479 e. The number of tetrazole rings is 1. The summed E-state index contributed by atoms with van der Waals surface area (Å²) in [4.78, 5) is 56.7. The van der Waals surface area contributed by atoms with Crippen LogP contribution in [-0.2, 0) is 14.4 Å². The number of hydrogen-bond donors (Lipinski definition) is 4. The Bertz CT molecular complexity index is 1820. The van der Waals surface area contributed by atoms with Gasteiger partial charge in [-0.25, -0.2) is 9.59 Å². The van der Waals surface area contributed by atoms with E-state index in [1.54, 1.807) is 0 Å². The number of allylic oxidation sites excluding steroid dienone is 1. The maximum absolute atomic E-state index is 14.4. The summed E-state index contributed by atoms with van der Waals surface area (Å²) >= 11 is 0. The highest BCUT2D eigenvalue weighted by atomic mass is 16.4. The van der Waals surface area contributed by atoms with Crippen molar-refractivity contribution in [1.82, 2.24) is 41.1 Å². The normalized spacial score (nSPS) is 26.3. The first-order valence-electron chi connectivity index (χ1n) is 17.7. The molecule has 3 heterocycles. The van der Waals surface area contributed by atoms with Crippen LogP contribution in [-0.4, -0.2) is 83.7 Å². The SMILES string of the molecule is CC(C)(C)NC(=O)N[C@H]1CCCCC/C=C\[C@@H]2C[C@]2(C(=O)O)NC(=O)[C@@H]2C[C@H](n3nnc(-c4ccccc4/C=C/c4ccccc4)n3)CN2C1=O. The van der Waals surface area contributed by atoms with Crippen LogP contribution >= 0.6 is 0 Å². The first-order chi connectivity index (χ1) is 24.4. The predicted octanol–water partition coefficient (Wildman–Crippen LogP) is 4.60. The molecule has 1 aromatic heterocycles. The highest BCUT2D eigenvalue weighted by Crippen LogP contribution is 2.45. The molecule has 268 valence electrons. The van der Waals surface area contributed by atoms with Crippen molar-refractivity contribution < 1.29 is 24.3 Å². The number of urea groups is 1. The van der Waals surface area contributed by atoms with E-state index < -0.39 is 53.0 Å².